The number of nitro groups is 2. The molecule has 3 fully saturated rings. The highest BCUT2D eigenvalue weighted by Crippen LogP contribution is 2.52. The van der Waals surface area contributed by atoms with Gasteiger partial charge in [-0.1, -0.05) is 22.7 Å². The average Bonchev–Trinajstić information content (AvgIpc) is 3.52. The predicted molar refractivity (Wildman–Crippen MR) is 110 cm³/mol. The van der Waals surface area contributed by atoms with Crippen LogP contribution in [0, 0.1) is 31.1 Å². The van der Waals surface area contributed by atoms with Crippen molar-refractivity contribution < 1.29 is 33.6 Å². The number of nitrogens with zero attached hydrogens (tertiary/aromatic N) is 2. The minimum absolute atomic E-state index is 0.00510. The first-order valence-electron chi connectivity index (χ1n) is 9.82. The monoisotopic (exact) mass is 482 g/mol. The molecule has 0 unspecified atom stereocenters. The van der Waals surface area contributed by atoms with Crippen molar-refractivity contribution in [2.45, 2.75) is 25.4 Å². The summed E-state index contributed by atoms with van der Waals surface area (Å²) in [5.41, 5.74) is -1.61. The number of hydrogen-bond acceptors (Lipinski definition) is 11. The molecule has 4 heterocycles. The maximum atomic E-state index is 13.4. The Morgan fingerprint density at radius 3 is 1.44 bits per heavy atom. The molecule has 2 aromatic rings. The highest BCUT2D eigenvalue weighted by atomic mass is 32.1. The Bertz CT molecular complexity index is 982. The van der Waals surface area contributed by atoms with Crippen LogP contribution in [0.15, 0.2) is 24.3 Å². The highest BCUT2D eigenvalue weighted by molar-refractivity contribution is 7.15. The Labute approximate surface area is 189 Å². The third kappa shape index (κ3) is 3.54. The molecule has 3 aliphatic rings. The van der Waals surface area contributed by atoms with Gasteiger partial charge in [0.2, 0.25) is 0 Å². The molecule has 0 amide bonds. The topological polar surface area (TPSA) is 140 Å². The Kier molecular flexibility index (Phi) is 5.34. The molecule has 32 heavy (non-hydrogen) atoms. The van der Waals surface area contributed by atoms with Crippen LogP contribution in [0.5, 0.6) is 0 Å². The van der Waals surface area contributed by atoms with E-state index in [0.717, 1.165) is 22.7 Å². The molecule has 0 radical (unpaired) electrons. The van der Waals surface area contributed by atoms with Crippen LogP contribution in [-0.2, 0) is 23.7 Å². The molecule has 13 heteroatoms. The van der Waals surface area contributed by atoms with Gasteiger partial charge in [0.25, 0.3) is 0 Å². The predicted octanol–water partition coefficient (Wildman–Crippen LogP) is 3.75. The van der Waals surface area contributed by atoms with Gasteiger partial charge in [0.15, 0.2) is 18.4 Å². The first-order valence-corrected chi connectivity index (χ1v) is 11.4. The number of carbonyl (C=O) groups is 1. The van der Waals surface area contributed by atoms with Gasteiger partial charge in [0.05, 0.1) is 56.9 Å². The summed E-state index contributed by atoms with van der Waals surface area (Å²) in [6.07, 6.45) is -0.348. The minimum Gasteiger partial charge on any atom is -0.347 e. The third-order valence-electron chi connectivity index (χ3n) is 6.14. The van der Waals surface area contributed by atoms with Gasteiger partial charge in [-0.15, -0.1) is 0 Å². The zero-order chi connectivity index (χ0) is 22.5. The molecular formula is C19H18N2O9S2. The summed E-state index contributed by atoms with van der Waals surface area (Å²) in [6.45, 7) is 0.629. The molecule has 170 valence electrons. The van der Waals surface area contributed by atoms with E-state index in [1.165, 1.54) is 12.1 Å². The summed E-state index contributed by atoms with van der Waals surface area (Å²) >= 11 is 1.97. The van der Waals surface area contributed by atoms with Gasteiger partial charge in [-0.05, 0) is 25.0 Å². The van der Waals surface area contributed by atoms with Crippen molar-refractivity contribution in [2.75, 3.05) is 26.4 Å². The van der Waals surface area contributed by atoms with Crippen molar-refractivity contribution in [2.24, 2.45) is 10.8 Å². The van der Waals surface area contributed by atoms with Crippen LogP contribution in [-0.4, -0.2) is 42.1 Å². The largest absolute Gasteiger partial charge is 0.347 e. The SMILES string of the molecule is O=C1C2(CCC13COC(c1ccc([N+](=O)[O-])s1)OC3)COC(c1ccc([N+](=O)[O-])s1)OC2. The van der Waals surface area contributed by atoms with E-state index in [0.29, 0.717) is 22.6 Å². The Morgan fingerprint density at radius 1 is 0.750 bits per heavy atom. The first kappa shape index (κ1) is 21.6. The zero-order valence-electron chi connectivity index (χ0n) is 16.6. The summed E-state index contributed by atoms with van der Waals surface area (Å²) in [7, 11) is 0. The zero-order valence-corrected chi connectivity index (χ0v) is 18.2. The number of rotatable bonds is 4. The van der Waals surface area contributed by atoms with Crippen LogP contribution >= 0.6 is 22.7 Å². The molecule has 2 saturated heterocycles. The molecular weight excluding hydrogens is 464 g/mol. The normalized spacial score (nSPS) is 32.6. The van der Waals surface area contributed by atoms with Crippen molar-refractivity contribution in [1.82, 2.24) is 0 Å². The molecule has 2 spiro atoms. The van der Waals surface area contributed by atoms with Gasteiger partial charge < -0.3 is 18.9 Å². The Hall–Kier alpha value is -2.29. The van der Waals surface area contributed by atoms with Gasteiger partial charge in [-0.3, -0.25) is 25.0 Å². The van der Waals surface area contributed by atoms with Gasteiger partial charge in [0, 0.05) is 12.1 Å². The maximum absolute atomic E-state index is 13.4. The summed E-state index contributed by atoms with van der Waals surface area (Å²) < 4.78 is 23.3. The summed E-state index contributed by atoms with van der Waals surface area (Å²) in [5.74, 6) is -0.0313. The van der Waals surface area contributed by atoms with E-state index in [-0.39, 0.29) is 42.2 Å². The van der Waals surface area contributed by atoms with Crippen LogP contribution < -0.4 is 0 Å². The average molecular weight is 482 g/mol. The Morgan fingerprint density at radius 2 is 1.12 bits per heavy atom. The van der Waals surface area contributed by atoms with Crippen molar-refractivity contribution in [3.8, 4) is 0 Å². The minimum atomic E-state index is -0.805. The molecule has 0 bridgehead atoms. The lowest BCUT2D eigenvalue weighted by molar-refractivity contribution is -0.380. The fourth-order valence-corrected chi connectivity index (χ4v) is 6.04. The number of ether oxygens (including phenoxy) is 4. The second kappa shape index (κ2) is 7.93. The summed E-state index contributed by atoms with van der Waals surface area (Å²) in [4.78, 5) is 35.5. The fraction of sp³-hybridized carbons (Fsp3) is 0.526. The van der Waals surface area contributed by atoms with Crippen LogP contribution in [0.2, 0.25) is 0 Å². The molecule has 11 nitrogen and oxygen atoms in total. The van der Waals surface area contributed by atoms with E-state index in [4.69, 9.17) is 18.9 Å². The highest BCUT2D eigenvalue weighted by Gasteiger charge is 2.60. The smallest absolute Gasteiger partial charge is 0.324 e. The second-order valence-electron chi connectivity index (χ2n) is 8.16. The third-order valence-corrected chi connectivity index (χ3v) is 8.26. The summed E-state index contributed by atoms with van der Waals surface area (Å²) in [5, 5.41) is 21.8. The van der Waals surface area contributed by atoms with Crippen LogP contribution in [0.25, 0.3) is 0 Å². The van der Waals surface area contributed by atoms with Crippen LogP contribution in [0.4, 0.5) is 10.0 Å². The fourth-order valence-electron chi connectivity index (χ4n) is 4.40. The number of ketones is 1. The molecule has 0 N–H and O–H groups in total. The lowest BCUT2D eigenvalue weighted by Crippen LogP contribution is -2.50. The van der Waals surface area contributed by atoms with E-state index in [2.05, 4.69) is 0 Å². The van der Waals surface area contributed by atoms with E-state index < -0.39 is 33.3 Å². The standard InChI is InChI=1S/C19H18N2O9S2/c22-17-18(7-27-15(28-8-18)11-1-3-13(31-11)20(23)24)5-6-19(17)9-29-16(30-10-19)12-2-4-14(32-12)21(25)26/h1-4,15-16H,5-10H2. The molecule has 1 saturated carbocycles. The van der Waals surface area contributed by atoms with E-state index in [1.807, 2.05) is 0 Å². The number of Topliss-reactive ketones (excluding diaryl/α,β-unsaturated/α-hetero) is 1. The van der Waals surface area contributed by atoms with Crippen molar-refractivity contribution in [3.63, 3.8) is 0 Å². The molecule has 1 aliphatic carbocycles. The Balaban J connectivity index is 1.22. The van der Waals surface area contributed by atoms with Crippen molar-refractivity contribution >= 4 is 38.5 Å². The van der Waals surface area contributed by atoms with E-state index >= 15 is 0 Å². The van der Waals surface area contributed by atoms with E-state index in [9.17, 15) is 25.0 Å². The lowest BCUT2D eigenvalue weighted by atomic mass is 9.79. The molecule has 2 aromatic heterocycles. The van der Waals surface area contributed by atoms with Gasteiger partial charge >= 0.3 is 10.0 Å². The molecule has 5 rings (SSSR count). The quantitative estimate of drug-likeness (QED) is 0.470. The van der Waals surface area contributed by atoms with Crippen LogP contribution in [0.1, 0.15) is 35.2 Å². The molecule has 2 aliphatic heterocycles. The van der Waals surface area contributed by atoms with Gasteiger partial charge in [0.1, 0.15) is 0 Å². The van der Waals surface area contributed by atoms with Gasteiger partial charge in [-0.25, -0.2) is 0 Å². The lowest BCUT2D eigenvalue weighted by Gasteiger charge is -2.39. The number of thiophene rings is 2. The molecule has 0 atom stereocenters. The van der Waals surface area contributed by atoms with Crippen molar-refractivity contribution in [1.29, 1.82) is 0 Å². The van der Waals surface area contributed by atoms with Crippen LogP contribution in [0.3, 0.4) is 0 Å². The number of carbonyl (C=O) groups excluding carboxylic acids is 1. The second-order valence-corrected chi connectivity index (χ2v) is 10.4. The molecule has 0 aromatic carbocycles. The van der Waals surface area contributed by atoms with E-state index in [1.54, 1.807) is 12.1 Å². The van der Waals surface area contributed by atoms with Gasteiger partial charge in [-0.2, -0.15) is 0 Å². The van der Waals surface area contributed by atoms with Crippen molar-refractivity contribution in [3.05, 3.63) is 54.2 Å². The first-order chi connectivity index (χ1) is 15.3. The maximum Gasteiger partial charge on any atom is 0.324 e. The summed E-state index contributed by atoms with van der Waals surface area (Å²) in [6, 6.07) is 6.01. The number of hydrogen-bond donors (Lipinski definition) is 0.